The molecule has 5 heteroatoms. The minimum atomic E-state index is -0.0295. The van der Waals surface area contributed by atoms with Gasteiger partial charge in [-0.15, -0.1) is 5.48 Å². The number of hydrogen-bond acceptors (Lipinski definition) is 3. The molecule has 0 N–H and O–H groups in total. The summed E-state index contributed by atoms with van der Waals surface area (Å²) in [7, 11) is 0.548. The van der Waals surface area contributed by atoms with Gasteiger partial charge in [-0.3, -0.25) is 0 Å². The Labute approximate surface area is 169 Å². The Balaban J connectivity index is 2.32. The Kier molecular flexibility index (Phi) is 9.14. The lowest BCUT2D eigenvalue weighted by Crippen LogP contribution is -2.20. The van der Waals surface area contributed by atoms with Crippen LogP contribution in [-0.2, 0) is 0 Å². The number of halogens is 1. The largest absolute Gasteiger partial charge is 0.823 e. The third-order valence-corrected chi connectivity index (χ3v) is 5.46. The maximum absolute atomic E-state index is 12.9. The van der Waals surface area contributed by atoms with Gasteiger partial charge in [-0.1, -0.05) is 58.6 Å². The van der Waals surface area contributed by atoms with E-state index in [0.717, 1.165) is 42.3 Å². The van der Waals surface area contributed by atoms with Crippen molar-refractivity contribution in [3.8, 4) is 11.5 Å². The lowest BCUT2D eigenvalue weighted by atomic mass is 10.1. The third-order valence-electron chi connectivity index (χ3n) is 4.11. The Morgan fingerprint density at radius 2 is 1.74 bits per heavy atom. The predicted molar refractivity (Wildman–Crippen MR) is 114 cm³/mol. The van der Waals surface area contributed by atoms with Gasteiger partial charge in [0.05, 0.1) is 13.2 Å². The lowest BCUT2D eigenvalue weighted by molar-refractivity contribution is -0.207. The SMILES string of the molecule is CCCCOc1ccc(P=C([O-])c2c(C)cccc2Cl)c(OCCCC)c1. The zero-order valence-corrected chi connectivity index (χ0v) is 17.9. The standard InChI is InChI=1S/C22H28ClO3P/c1-4-6-13-25-17-11-12-20(19(15-17)26-14-7-5-2)27-22(24)21-16(3)9-8-10-18(21)23/h8-12,15,24H,4-7,13-14H2,1-3H3/p-1. The van der Waals surface area contributed by atoms with Crippen molar-refractivity contribution in [2.24, 2.45) is 0 Å². The summed E-state index contributed by atoms with van der Waals surface area (Å²) in [6, 6.07) is 11.2. The molecule has 0 radical (unpaired) electrons. The minimum absolute atomic E-state index is 0.0295. The van der Waals surface area contributed by atoms with E-state index in [9.17, 15) is 5.11 Å². The summed E-state index contributed by atoms with van der Waals surface area (Å²) in [4.78, 5) is 0. The first-order valence-corrected chi connectivity index (χ1v) is 10.7. The summed E-state index contributed by atoms with van der Waals surface area (Å²) in [5.41, 5.74) is 1.43. The number of ether oxygens (including phenoxy) is 2. The van der Waals surface area contributed by atoms with Gasteiger partial charge < -0.3 is 14.6 Å². The summed E-state index contributed by atoms with van der Waals surface area (Å²) >= 11 is 6.25. The molecule has 0 saturated heterocycles. The molecule has 0 heterocycles. The van der Waals surface area contributed by atoms with E-state index in [1.54, 1.807) is 6.07 Å². The molecule has 146 valence electrons. The summed E-state index contributed by atoms with van der Waals surface area (Å²) < 4.78 is 11.7. The van der Waals surface area contributed by atoms with Crippen LogP contribution in [0.5, 0.6) is 11.5 Å². The van der Waals surface area contributed by atoms with Crippen LogP contribution in [0.1, 0.15) is 50.7 Å². The Hall–Kier alpha value is -1.54. The van der Waals surface area contributed by atoms with Crippen molar-refractivity contribution in [2.75, 3.05) is 13.2 Å². The second kappa shape index (κ2) is 11.3. The molecule has 3 nitrogen and oxygen atoms in total. The van der Waals surface area contributed by atoms with E-state index >= 15 is 0 Å². The van der Waals surface area contributed by atoms with Gasteiger partial charge in [-0.2, -0.15) is 0 Å². The lowest BCUT2D eigenvalue weighted by Gasteiger charge is -2.18. The van der Waals surface area contributed by atoms with Crippen LogP contribution >= 0.6 is 19.8 Å². The van der Waals surface area contributed by atoms with Gasteiger partial charge in [0.25, 0.3) is 0 Å². The normalized spacial score (nSPS) is 11.5. The number of benzene rings is 2. The van der Waals surface area contributed by atoms with Gasteiger partial charge in [0.1, 0.15) is 11.5 Å². The van der Waals surface area contributed by atoms with Crippen LogP contribution in [-0.4, -0.2) is 18.7 Å². The summed E-state index contributed by atoms with van der Waals surface area (Å²) in [5.74, 6) is 1.48. The van der Waals surface area contributed by atoms with Crippen LogP contribution in [0.15, 0.2) is 36.4 Å². The molecule has 0 amide bonds. The monoisotopic (exact) mass is 405 g/mol. The maximum Gasteiger partial charge on any atom is 0.134 e. The van der Waals surface area contributed by atoms with Crippen molar-refractivity contribution < 1.29 is 14.6 Å². The van der Waals surface area contributed by atoms with E-state index < -0.39 is 0 Å². The Bertz CT molecular complexity index is 754. The number of rotatable bonds is 10. The first kappa shape index (κ1) is 21.8. The first-order chi connectivity index (χ1) is 13.1. The van der Waals surface area contributed by atoms with Crippen LogP contribution in [0.4, 0.5) is 0 Å². The predicted octanol–water partition coefficient (Wildman–Crippen LogP) is 5.12. The van der Waals surface area contributed by atoms with Crippen LogP contribution in [0, 0.1) is 6.92 Å². The van der Waals surface area contributed by atoms with E-state index in [0.29, 0.717) is 37.8 Å². The molecular weight excluding hydrogens is 379 g/mol. The fourth-order valence-electron chi connectivity index (χ4n) is 2.52. The van der Waals surface area contributed by atoms with E-state index in [1.807, 2.05) is 37.3 Å². The van der Waals surface area contributed by atoms with Gasteiger partial charge >= 0.3 is 0 Å². The molecule has 0 aliphatic carbocycles. The highest BCUT2D eigenvalue weighted by Gasteiger charge is 2.08. The third kappa shape index (κ3) is 6.53. The maximum atomic E-state index is 12.9. The summed E-state index contributed by atoms with van der Waals surface area (Å²) in [6.07, 6.45) is 4.12. The Morgan fingerprint density at radius 1 is 1.04 bits per heavy atom. The smallest absolute Gasteiger partial charge is 0.134 e. The highest BCUT2D eigenvalue weighted by Crippen LogP contribution is 2.25. The molecule has 0 bridgehead atoms. The molecule has 0 aliphatic heterocycles. The van der Waals surface area contributed by atoms with Crippen LogP contribution in [0.3, 0.4) is 0 Å². The quantitative estimate of drug-likeness (QED) is 0.407. The minimum Gasteiger partial charge on any atom is -0.823 e. The topological polar surface area (TPSA) is 41.5 Å². The first-order valence-electron chi connectivity index (χ1n) is 9.47. The molecule has 2 aromatic rings. The van der Waals surface area contributed by atoms with Gasteiger partial charge in [0.15, 0.2) is 0 Å². The van der Waals surface area contributed by atoms with Crippen molar-refractivity contribution in [1.29, 1.82) is 0 Å². The molecular formula is C22H27ClO3P-. The molecule has 0 fully saturated rings. The average Bonchev–Trinajstić information content (AvgIpc) is 2.64. The van der Waals surface area contributed by atoms with Gasteiger partial charge in [0.2, 0.25) is 0 Å². The number of aryl methyl sites for hydroxylation is 1. The van der Waals surface area contributed by atoms with Gasteiger partial charge in [-0.05, 0) is 49.1 Å². The number of unbranched alkanes of at least 4 members (excludes halogenated alkanes) is 2. The van der Waals surface area contributed by atoms with Gasteiger partial charge in [-0.25, -0.2) is 0 Å². The van der Waals surface area contributed by atoms with Crippen LogP contribution in [0.2, 0.25) is 5.02 Å². The van der Waals surface area contributed by atoms with Crippen molar-refractivity contribution >= 4 is 30.6 Å². The second-order valence-electron chi connectivity index (χ2n) is 6.38. The van der Waals surface area contributed by atoms with Crippen molar-refractivity contribution in [3.05, 3.63) is 52.5 Å². The highest BCUT2D eigenvalue weighted by molar-refractivity contribution is 7.49. The molecule has 27 heavy (non-hydrogen) atoms. The Morgan fingerprint density at radius 3 is 2.41 bits per heavy atom. The van der Waals surface area contributed by atoms with Crippen LogP contribution < -0.4 is 19.9 Å². The van der Waals surface area contributed by atoms with Crippen molar-refractivity contribution in [1.82, 2.24) is 0 Å². The molecule has 0 unspecified atom stereocenters. The van der Waals surface area contributed by atoms with E-state index in [1.165, 1.54) is 0 Å². The highest BCUT2D eigenvalue weighted by atomic mass is 35.5. The zero-order chi connectivity index (χ0) is 19.6. The van der Waals surface area contributed by atoms with Gasteiger partial charge in [0, 0.05) is 16.4 Å². The number of hydrogen-bond donors (Lipinski definition) is 0. The molecule has 2 rings (SSSR count). The van der Waals surface area contributed by atoms with E-state index in [-0.39, 0.29) is 5.48 Å². The molecule has 0 saturated carbocycles. The fourth-order valence-corrected chi connectivity index (χ4v) is 3.91. The van der Waals surface area contributed by atoms with Crippen LogP contribution in [0.25, 0.3) is 0 Å². The molecule has 0 atom stereocenters. The van der Waals surface area contributed by atoms with E-state index in [2.05, 4.69) is 13.8 Å². The molecule has 0 aromatic heterocycles. The molecule has 0 aliphatic rings. The zero-order valence-electron chi connectivity index (χ0n) is 16.3. The fraction of sp³-hybridized carbons (Fsp3) is 0.409. The second-order valence-corrected chi connectivity index (χ2v) is 7.90. The summed E-state index contributed by atoms with van der Waals surface area (Å²) in [5, 5.41) is 14.2. The average molecular weight is 406 g/mol. The van der Waals surface area contributed by atoms with Crippen molar-refractivity contribution in [3.63, 3.8) is 0 Å². The molecule has 0 spiro atoms. The van der Waals surface area contributed by atoms with Crippen molar-refractivity contribution in [2.45, 2.75) is 46.5 Å². The molecule has 2 aromatic carbocycles. The summed E-state index contributed by atoms with van der Waals surface area (Å²) in [6.45, 7) is 7.46. The van der Waals surface area contributed by atoms with E-state index in [4.69, 9.17) is 21.1 Å².